The molecular formula is C15H21BrN2O. The molecule has 1 heterocycles. The summed E-state index contributed by atoms with van der Waals surface area (Å²) < 4.78 is 1.05. The Morgan fingerprint density at radius 1 is 1.42 bits per heavy atom. The number of hydrogen-bond donors (Lipinski definition) is 1. The van der Waals surface area contributed by atoms with E-state index in [0.29, 0.717) is 12.3 Å². The highest BCUT2D eigenvalue weighted by atomic mass is 79.9. The van der Waals surface area contributed by atoms with Crippen LogP contribution in [0.3, 0.4) is 0 Å². The molecule has 19 heavy (non-hydrogen) atoms. The van der Waals surface area contributed by atoms with Gasteiger partial charge in [0.2, 0.25) is 5.91 Å². The van der Waals surface area contributed by atoms with Gasteiger partial charge in [-0.3, -0.25) is 4.79 Å². The van der Waals surface area contributed by atoms with E-state index in [9.17, 15) is 4.79 Å². The molecule has 1 aliphatic heterocycles. The number of carbonyl (C=O) groups excluding carboxylic acids is 1. The van der Waals surface area contributed by atoms with Crippen LogP contribution in [-0.4, -0.2) is 37.5 Å². The van der Waals surface area contributed by atoms with Gasteiger partial charge in [-0.2, -0.15) is 0 Å². The van der Waals surface area contributed by atoms with Crippen LogP contribution in [0.5, 0.6) is 0 Å². The van der Waals surface area contributed by atoms with Crippen molar-refractivity contribution < 1.29 is 4.79 Å². The molecule has 1 fully saturated rings. The Bertz CT molecular complexity index is 417. The number of hydrogen-bond acceptors (Lipinski definition) is 2. The molecule has 0 spiro atoms. The minimum atomic E-state index is 0.253. The molecule has 0 aromatic heterocycles. The number of piperidine rings is 1. The zero-order valence-electron chi connectivity index (χ0n) is 11.4. The molecule has 1 amide bonds. The molecule has 3 nitrogen and oxygen atoms in total. The lowest BCUT2D eigenvalue weighted by atomic mass is 9.97. The zero-order chi connectivity index (χ0) is 13.7. The highest BCUT2D eigenvalue weighted by Crippen LogP contribution is 2.17. The van der Waals surface area contributed by atoms with Crippen molar-refractivity contribution >= 4 is 21.8 Å². The fourth-order valence-corrected chi connectivity index (χ4v) is 2.90. The van der Waals surface area contributed by atoms with Crippen LogP contribution >= 0.6 is 15.9 Å². The molecule has 0 radical (unpaired) electrons. The minimum absolute atomic E-state index is 0.253. The largest absolute Gasteiger partial charge is 0.342 e. The molecule has 1 unspecified atom stereocenters. The van der Waals surface area contributed by atoms with Gasteiger partial charge in [-0.05, 0) is 50.0 Å². The van der Waals surface area contributed by atoms with Gasteiger partial charge in [-0.15, -0.1) is 0 Å². The van der Waals surface area contributed by atoms with E-state index in [1.54, 1.807) is 0 Å². The minimum Gasteiger partial charge on any atom is -0.342 e. The molecule has 1 aliphatic rings. The average Bonchev–Trinajstić information content (AvgIpc) is 2.42. The lowest BCUT2D eigenvalue weighted by Crippen LogP contribution is -2.43. The van der Waals surface area contributed by atoms with Gasteiger partial charge in [0.25, 0.3) is 0 Å². The molecule has 0 aliphatic carbocycles. The third kappa shape index (κ3) is 4.32. The number of amides is 1. The molecule has 1 aromatic carbocycles. The first-order valence-electron chi connectivity index (χ1n) is 6.86. The van der Waals surface area contributed by atoms with Crippen molar-refractivity contribution in [1.29, 1.82) is 0 Å². The van der Waals surface area contributed by atoms with Crippen molar-refractivity contribution in [3.8, 4) is 0 Å². The Balaban J connectivity index is 1.90. The second-order valence-corrected chi connectivity index (χ2v) is 6.12. The quantitative estimate of drug-likeness (QED) is 0.922. The van der Waals surface area contributed by atoms with E-state index < -0.39 is 0 Å². The number of rotatable bonds is 4. The highest BCUT2D eigenvalue weighted by molar-refractivity contribution is 9.10. The van der Waals surface area contributed by atoms with Gasteiger partial charge >= 0.3 is 0 Å². The monoisotopic (exact) mass is 324 g/mol. The number of likely N-dealkylation sites (tertiary alicyclic amines) is 1. The average molecular weight is 325 g/mol. The van der Waals surface area contributed by atoms with Gasteiger partial charge in [0.15, 0.2) is 0 Å². The maximum atomic E-state index is 12.3. The van der Waals surface area contributed by atoms with Crippen molar-refractivity contribution in [1.82, 2.24) is 10.2 Å². The number of nitrogens with one attached hydrogen (secondary N) is 1. The normalized spacial score (nSPS) is 19.5. The van der Waals surface area contributed by atoms with Crippen LogP contribution < -0.4 is 5.32 Å². The number of benzene rings is 1. The second-order valence-electron chi connectivity index (χ2n) is 5.21. The summed E-state index contributed by atoms with van der Waals surface area (Å²) in [6.45, 7) is 2.81. The molecule has 2 rings (SSSR count). The van der Waals surface area contributed by atoms with Crippen LogP contribution in [0.2, 0.25) is 0 Å². The summed E-state index contributed by atoms with van der Waals surface area (Å²) in [5.41, 5.74) is 1.09. The van der Waals surface area contributed by atoms with Crippen LogP contribution in [0, 0.1) is 5.92 Å². The smallest absolute Gasteiger partial charge is 0.226 e. The molecule has 1 atom stereocenters. The first kappa shape index (κ1) is 14.5. The summed E-state index contributed by atoms with van der Waals surface area (Å²) in [6.07, 6.45) is 2.86. The molecule has 4 heteroatoms. The predicted molar refractivity (Wildman–Crippen MR) is 81.1 cm³/mol. The van der Waals surface area contributed by atoms with Gasteiger partial charge in [-0.25, -0.2) is 0 Å². The molecule has 104 valence electrons. The van der Waals surface area contributed by atoms with Crippen molar-refractivity contribution in [3.63, 3.8) is 0 Å². The van der Waals surface area contributed by atoms with Crippen LogP contribution in [0.25, 0.3) is 0 Å². The van der Waals surface area contributed by atoms with E-state index in [2.05, 4.69) is 21.2 Å². The van der Waals surface area contributed by atoms with E-state index in [-0.39, 0.29) is 5.91 Å². The van der Waals surface area contributed by atoms with E-state index in [1.807, 2.05) is 36.2 Å². The van der Waals surface area contributed by atoms with Gasteiger partial charge < -0.3 is 10.2 Å². The van der Waals surface area contributed by atoms with E-state index in [1.165, 1.54) is 6.42 Å². The second kappa shape index (κ2) is 7.06. The third-order valence-electron chi connectivity index (χ3n) is 3.63. The first-order valence-corrected chi connectivity index (χ1v) is 7.65. The zero-order valence-corrected chi connectivity index (χ0v) is 12.9. The van der Waals surface area contributed by atoms with Crippen molar-refractivity contribution in [2.24, 2.45) is 5.92 Å². The molecular weight excluding hydrogens is 304 g/mol. The third-order valence-corrected chi connectivity index (χ3v) is 4.16. The summed E-state index contributed by atoms with van der Waals surface area (Å²) in [4.78, 5) is 14.3. The van der Waals surface area contributed by atoms with E-state index >= 15 is 0 Å². The Hall–Kier alpha value is -0.870. The van der Waals surface area contributed by atoms with Crippen molar-refractivity contribution in [2.45, 2.75) is 19.3 Å². The van der Waals surface area contributed by atoms with Gasteiger partial charge in [0.05, 0.1) is 6.42 Å². The van der Waals surface area contributed by atoms with Crippen LogP contribution in [0.15, 0.2) is 28.7 Å². The maximum Gasteiger partial charge on any atom is 0.226 e. The molecule has 0 bridgehead atoms. The molecule has 1 N–H and O–H groups in total. The SMILES string of the molecule is CNCC1CCCN(C(=O)Cc2ccc(Br)cc2)C1. The Morgan fingerprint density at radius 3 is 2.84 bits per heavy atom. The summed E-state index contributed by atoms with van der Waals surface area (Å²) in [7, 11) is 1.97. The fourth-order valence-electron chi connectivity index (χ4n) is 2.64. The van der Waals surface area contributed by atoms with Crippen LogP contribution in [0.1, 0.15) is 18.4 Å². The van der Waals surface area contributed by atoms with Crippen LogP contribution in [-0.2, 0) is 11.2 Å². The van der Waals surface area contributed by atoms with Crippen molar-refractivity contribution in [2.75, 3.05) is 26.7 Å². The first-order chi connectivity index (χ1) is 9.19. The lowest BCUT2D eigenvalue weighted by molar-refractivity contribution is -0.132. The summed E-state index contributed by atoms with van der Waals surface area (Å²) in [5.74, 6) is 0.857. The summed E-state index contributed by atoms with van der Waals surface area (Å²) in [6, 6.07) is 8.00. The highest BCUT2D eigenvalue weighted by Gasteiger charge is 2.22. The number of halogens is 1. The van der Waals surface area contributed by atoms with Gasteiger partial charge in [-0.1, -0.05) is 28.1 Å². The summed E-state index contributed by atoms with van der Waals surface area (Å²) in [5, 5.41) is 3.21. The maximum absolute atomic E-state index is 12.3. The molecule has 0 saturated carbocycles. The number of nitrogens with zero attached hydrogens (tertiary/aromatic N) is 1. The Labute approximate surface area is 123 Å². The van der Waals surface area contributed by atoms with Crippen LogP contribution in [0.4, 0.5) is 0 Å². The van der Waals surface area contributed by atoms with Crippen molar-refractivity contribution in [3.05, 3.63) is 34.3 Å². The Kier molecular flexibility index (Phi) is 5.40. The van der Waals surface area contributed by atoms with Gasteiger partial charge in [0, 0.05) is 17.6 Å². The topological polar surface area (TPSA) is 32.3 Å². The molecule has 1 aromatic rings. The van der Waals surface area contributed by atoms with E-state index in [4.69, 9.17) is 0 Å². The standard InChI is InChI=1S/C15H21BrN2O/c1-17-10-13-3-2-8-18(11-13)15(19)9-12-4-6-14(16)7-5-12/h4-7,13,17H,2-3,8-11H2,1H3. The molecule has 1 saturated heterocycles. The van der Waals surface area contributed by atoms with E-state index in [0.717, 1.165) is 36.1 Å². The fraction of sp³-hybridized carbons (Fsp3) is 0.533. The predicted octanol–water partition coefficient (Wildman–Crippen LogP) is 2.45. The Morgan fingerprint density at radius 2 is 2.16 bits per heavy atom. The lowest BCUT2D eigenvalue weighted by Gasteiger charge is -2.32. The summed E-state index contributed by atoms with van der Waals surface area (Å²) >= 11 is 3.41. The van der Waals surface area contributed by atoms with Gasteiger partial charge in [0.1, 0.15) is 0 Å². The number of carbonyl (C=O) groups is 1.